The largest absolute Gasteiger partial charge is 0.332 e. The highest BCUT2D eigenvalue weighted by Crippen LogP contribution is 2.11. The van der Waals surface area contributed by atoms with E-state index in [1.54, 1.807) is 0 Å². The fourth-order valence-electron chi connectivity index (χ4n) is 2.31. The molecule has 0 aliphatic carbocycles. The molecule has 0 spiro atoms. The minimum absolute atomic E-state index is 0.0371. The molecule has 7 nitrogen and oxygen atoms in total. The van der Waals surface area contributed by atoms with Crippen LogP contribution in [0.1, 0.15) is 10.5 Å². The predicted molar refractivity (Wildman–Crippen MR) is 86.6 cm³/mol. The maximum atomic E-state index is 12.9. The van der Waals surface area contributed by atoms with E-state index in [2.05, 4.69) is 10.3 Å². The highest BCUT2D eigenvalue weighted by molar-refractivity contribution is 6.03. The Morgan fingerprint density at radius 3 is 2.38 bits per heavy atom. The Morgan fingerprint density at radius 1 is 1.04 bits per heavy atom. The van der Waals surface area contributed by atoms with Crippen molar-refractivity contribution in [2.24, 2.45) is 14.1 Å². The molecule has 0 saturated carbocycles. The van der Waals surface area contributed by atoms with E-state index in [1.807, 2.05) is 0 Å². The monoisotopic (exact) mass is 328 g/mol. The predicted octanol–water partition coefficient (Wildman–Crippen LogP) is 1.02. The van der Waals surface area contributed by atoms with Gasteiger partial charge in [-0.05, 0) is 36.4 Å². The van der Waals surface area contributed by atoms with Crippen molar-refractivity contribution in [3.63, 3.8) is 0 Å². The molecule has 1 N–H and O–H groups in total. The molecule has 0 radical (unpaired) electrons. The molecule has 2 aromatic heterocycles. The lowest BCUT2D eigenvalue weighted by Crippen LogP contribution is -2.37. The van der Waals surface area contributed by atoms with Gasteiger partial charge in [0.25, 0.3) is 11.5 Å². The molecule has 8 heteroatoms. The number of benzene rings is 1. The molecular weight excluding hydrogens is 315 g/mol. The minimum atomic E-state index is -0.531. The van der Waals surface area contributed by atoms with Gasteiger partial charge in [0.2, 0.25) is 0 Å². The second kappa shape index (κ2) is 5.73. The maximum absolute atomic E-state index is 12.9. The van der Waals surface area contributed by atoms with Crippen molar-refractivity contribution in [3.05, 3.63) is 68.7 Å². The number of rotatable bonds is 2. The quantitative estimate of drug-likeness (QED) is 0.761. The maximum Gasteiger partial charge on any atom is 0.332 e. The summed E-state index contributed by atoms with van der Waals surface area (Å²) in [4.78, 5) is 40.4. The molecule has 0 atom stereocenters. The lowest BCUT2D eigenvalue weighted by molar-refractivity contribution is 0.102. The lowest BCUT2D eigenvalue weighted by atomic mass is 10.2. The van der Waals surface area contributed by atoms with Gasteiger partial charge in [0, 0.05) is 19.8 Å². The van der Waals surface area contributed by atoms with E-state index in [0.717, 1.165) is 4.57 Å². The number of halogens is 1. The molecule has 0 aliphatic heterocycles. The van der Waals surface area contributed by atoms with Crippen LogP contribution >= 0.6 is 0 Å². The van der Waals surface area contributed by atoms with Crippen LogP contribution in [0, 0.1) is 5.82 Å². The molecular formula is C16H13FN4O3. The van der Waals surface area contributed by atoms with Crippen LogP contribution < -0.4 is 16.6 Å². The zero-order valence-electron chi connectivity index (χ0n) is 12.9. The summed E-state index contributed by atoms with van der Waals surface area (Å²) in [6, 6.07) is 8.12. The summed E-state index contributed by atoms with van der Waals surface area (Å²) in [7, 11) is 2.85. The number of fused-ring (bicyclic) bond motifs is 1. The third-order valence-corrected chi connectivity index (χ3v) is 3.64. The van der Waals surface area contributed by atoms with Gasteiger partial charge in [0.15, 0.2) is 0 Å². The molecule has 3 rings (SSSR count). The summed E-state index contributed by atoms with van der Waals surface area (Å²) in [5.41, 5.74) is -0.451. The molecule has 0 bridgehead atoms. The first kappa shape index (κ1) is 15.6. The van der Waals surface area contributed by atoms with E-state index < -0.39 is 23.0 Å². The lowest BCUT2D eigenvalue weighted by Gasteiger charge is -2.09. The number of hydrogen-bond donors (Lipinski definition) is 1. The number of carbonyl (C=O) groups is 1. The summed E-state index contributed by atoms with van der Waals surface area (Å²) in [6.45, 7) is 0. The van der Waals surface area contributed by atoms with E-state index in [4.69, 9.17) is 0 Å². The van der Waals surface area contributed by atoms with Crippen LogP contribution in [0.25, 0.3) is 11.0 Å². The van der Waals surface area contributed by atoms with Crippen molar-refractivity contribution in [2.75, 3.05) is 5.32 Å². The zero-order valence-corrected chi connectivity index (χ0v) is 12.9. The van der Waals surface area contributed by atoms with Gasteiger partial charge in [-0.25, -0.2) is 14.2 Å². The first-order valence-corrected chi connectivity index (χ1v) is 7.02. The van der Waals surface area contributed by atoms with Gasteiger partial charge in [0.1, 0.15) is 17.2 Å². The van der Waals surface area contributed by atoms with Crippen LogP contribution in [-0.4, -0.2) is 20.0 Å². The van der Waals surface area contributed by atoms with Crippen LogP contribution in [0.4, 0.5) is 10.1 Å². The van der Waals surface area contributed by atoms with Gasteiger partial charge in [-0.3, -0.25) is 18.7 Å². The van der Waals surface area contributed by atoms with Crippen LogP contribution in [0.15, 0.2) is 46.0 Å². The minimum Gasteiger partial charge on any atom is -0.321 e. The molecule has 1 amide bonds. The smallest absolute Gasteiger partial charge is 0.321 e. The third kappa shape index (κ3) is 2.58. The van der Waals surface area contributed by atoms with Gasteiger partial charge in [0.05, 0.1) is 5.39 Å². The molecule has 1 aromatic carbocycles. The molecule has 0 aliphatic rings. The van der Waals surface area contributed by atoms with Crippen molar-refractivity contribution in [1.29, 1.82) is 0 Å². The highest BCUT2D eigenvalue weighted by atomic mass is 19.1. The average molecular weight is 328 g/mol. The van der Waals surface area contributed by atoms with E-state index in [-0.39, 0.29) is 16.7 Å². The Morgan fingerprint density at radius 2 is 1.71 bits per heavy atom. The Balaban J connectivity index is 2.04. The molecule has 3 aromatic rings. The molecule has 122 valence electrons. The second-order valence-corrected chi connectivity index (χ2v) is 5.23. The normalized spacial score (nSPS) is 10.8. The second-order valence-electron chi connectivity index (χ2n) is 5.23. The number of anilines is 1. The Hall–Kier alpha value is -3.29. The summed E-state index contributed by atoms with van der Waals surface area (Å²) >= 11 is 0. The Bertz CT molecular complexity index is 1070. The first-order valence-electron chi connectivity index (χ1n) is 7.02. The van der Waals surface area contributed by atoms with Crippen molar-refractivity contribution in [3.8, 4) is 0 Å². The van der Waals surface area contributed by atoms with E-state index in [9.17, 15) is 18.8 Å². The zero-order chi connectivity index (χ0) is 17.4. The van der Waals surface area contributed by atoms with Crippen molar-refractivity contribution >= 4 is 22.6 Å². The van der Waals surface area contributed by atoms with Gasteiger partial charge < -0.3 is 5.32 Å². The van der Waals surface area contributed by atoms with Gasteiger partial charge >= 0.3 is 5.69 Å². The molecule has 0 fully saturated rings. The summed E-state index contributed by atoms with van der Waals surface area (Å²) < 4.78 is 15.1. The fraction of sp³-hybridized carbons (Fsp3) is 0.125. The molecule has 2 heterocycles. The molecule has 0 saturated heterocycles. The highest BCUT2D eigenvalue weighted by Gasteiger charge is 2.14. The standard InChI is InChI=1S/C16H13FN4O3/c1-20-13-11(15(23)21(2)16(20)24)7-8-12(19-13)14(22)18-10-5-3-9(17)4-6-10/h3-8H,1-2H3,(H,18,22). The van der Waals surface area contributed by atoms with E-state index in [0.29, 0.717) is 5.69 Å². The fourth-order valence-corrected chi connectivity index (χ4v) is 2.31. The first-order chi connectivity index (χ1) is 11.4. The van der Waals surface area contributed by atoms with Gasteiger partial charge in [-0.15, -0.1) is 0 Å². The van der Waals surface area contributed by atoms with Crippen molar-refractivity contribution in [2.45, 2.75) is 0 Å². The van der Waals surface area contributed by atoms with Gasteiger partial charge in [-0.1, -0.05) is 0 Å². The van der Waals surface area contributed by atoms with Gasteiger partial charge in [-0.2, -0.15) is 0 Å². The number of aromatic nitrogens is 3. The average Bonchev–Trinajstić information content (AvgIpc) is 2.59. The number of hydrogen-bond acceptors (Lipinski definition) is 4. The van der Waals surface area contributed by atoms with E-state index >= 15 is 0 Å². The van der Waals surface area contributed by atoms with Crippen LogP contribution in [-0.2, 0) is 14.1 Å². The number of amides is 1. The Kier molecular flexibility index (Phi) is 3.72. The number of pyridine rings is 1. The van der Waals surface area contributed by atoms with E-state index in [1.165, 1.54) is 55.1 Å². The number of nitrogens with one attached hydrogen (secondary N) is 1. The SMILES string of the molecule is Cn1c(=O)c2ccc(C(=O)Nc3ccc(F)cc3)nc2n(C)c1=O. The number of aryl methyl sites for hydroxylation is 1. The topological polar surface area (TPSA) is 86.0 Å². The number of carbonyl (C=O) groups excluding carboxylic acids is 1. The van der Waals surface area contributed by atoms with Crippen LogP contribution in [0.3, 0.4) is 0 Å². The summed E-state index contributed by atoms with van der Waals surface area (Å²) in [5, 5.41) is 2.81. The summed E-state index contributed by atoms with van der Waals surface area (Å²) in [5.74, 6) is -0.945. The summed E-state index contributed by atoms with van der Waals surface area (Å²) in [6.07, 6.45) is 0. The molecule has 24 heavy (non-hydrogen) atoms. The number of nitrogens with zero attached hydrogens (tertiary/aromatic N) is 3. The Labute approximate surface area is 135 Å². The van der Waals surface area contributed by atoms with Crippen LogP contribution in [0.2, 0.25) is 0 Å². The van der Waals surface area contributed by atoms with Crippen molar-refractivity contribution in [1.82, 2.24) is 14.1 Å². The molecule has 0 unspecified atom stereocenters. The third-order valence-electron chi connectivity index (χ3n) is 3.64. The van der Waals surface area contributed by atoms with Crippen LogP contribution in [0.5, 0.6) is 0 Å². The van der Waals surface area contributed by atoms with Crippen molar-refractivity contribution < 1.29 is 9.18 Å².